The number of ether oxygens (including phenoxy) is 1. The van der Waals surface area contributed by atoms with Crippen molar-refractivity contribution >= 4 is 34.1 Å². The first kappa shape index (κ1) is 20.3. The van der Waals surface area contributed by atoms with Gasteiger partial charge in [0.15, 0.2) is 6.61 Å². The number of nitrogens with zero attached hydrogens (tertiary/aromatic N) is 3. The highest BCUT2D eigenvalue weighted by Crippen LogP contribution is 2.24. The number of hydrogen-bond acceptors (Lipinski definition) is 7. The van der Waals surface area contributed by atoms with Gasteiger partial charge in [-0.1, -0.05) is 18.2 Å². The molecular formula is C19H21N5O4S. The number of aryl methyl sites for hydroxylation is 1. The highest BCUT2D eigenvalue weighted by Gasteiger charge is 2.22. The van der Waals surface area contributed by atoms with Gasteiger partial charge in [0.1, 0.15) is 16.3 Å². The summed E-state index contributed by atoms with van der Waals surface area (Å²) in [6.07, 6.45) is 0. The number of para-hydroxylation sites is 1. The molecule has 0 spiro atoms. The van der Waals surface area contributed by atoms with Crippen molar-refractivity contribution in [1.29, 1.82) is 0 Å². The van der Waals surface area contributed by atoms with Crippen LogP contribution in [0.4, 0.5) is 10.7 Å². The Kier molecular flexibility index (Phi) is 5.83. The topological polar surface area (TPSA) is 107 Å². The van der Waals surface area contributed by atoms with Crippen LogP contribution in [-0.2, 0) is 16.6 Å². The molecule has 0 radical (unpaired) electrons. The molecule has 0 fully saturated rings. The maximum atomic E-state index is 12.8. The zero-order chi connectivity index (χ0) is 21.1. The van der Waals surface area contributed by atoms with Crippen molar-refractivity contribution < 1.29 is 14.3 Å². The smallest absolute Gasteiger partial charge is 0.343 e. The molecule has 3 rings (SSSR count). The van der Waals surface area contributed by atoms with E-state index >= 15 is 0 Å². The fourth-order valence-electron chi connectivity index (χ4n) is 2.87. The molecule has 0 bridgehead atoms. The molecule has 10 heteroatoms. The molecule has 0 unspecified atom stereocenters. The van der Waals surface area contributed by atoms with E-state index in [1.165, 1.54) is 4.68 Å². The lowest BCUT2D eigenvalue weighted by atomic mass is 10.2. The van der Waals surface area contributed by atoms with E-state index in [0.717, 1.165) is 11.5 Å². The van der Waals surface area contributed by atoms with E-state index in [-0.39, 0.29) is 11.2 Å². The van der Waals surface area contributed by atoms with E-state index in [1.807, 2.05) is 18.2 Å². The second-order valence-electron chi connectivity index (χ2n) is 6.28. The Bertz CT molecular complexity index is 1110. The van der Waals surface area contributed by atoms with Gasteiger partial charge in [0.2, 0.25) is 0 Å². The van der Waals surface area contributed by atoms with Gasteiger partial charge < -0.3 is 15.4 Å². The van der Waals surface area contributed by atoms with E-state index < -0.39 is 18.5 Å². The zero-order valence-electron chi connectivity index (χ0n) is 16.5. The summed E-state index contributed by atoms with van der Waals surface area (Å²) < 4.78 is 12.3. The van der Waals surface area contributed by atoms with E-state index in [4.69, 9.17) is 4.74 Å². The van der Waals surface area contributed by atoms with Crippen LogP contribution in [0, 0.1) is 13.8 Å². The average molecular weight is 415 g/mol. The molecule has 1 aromatic carbocycles. The summed E-state index contributed by atoms with van der Waals surface area (Å²) in [5.41, 5.74) is 1.85. The van der Waals surface area contributed by atoms with Crippen molar-refractivity contribution in [1.82, 2.24) is 13.7 Å². The van der Waals surface area contributed by atoms with E-state index in [9.17, 15) is 14.4 Å². The quantitative estimate of drug-likeness (QED) is 0.597. The van der Waals surface area contributed by atoms with Gasteiger partial charge >= 0.3 is 5.97 Å². The Morgan fingerprint density at radius 2 is 1.90 bits per heavy atom. The van der Waals surface area contributed by atoms with E-state index in [0.29, 0.717) is 27.6 Å². The van der Waals surface area contributed by atoms with Crippen molar-refractivity contribution in [2.45, 2.75) is 13.8 Å². The lowest BCUT2D eigenvalue weighted by Crippen LogP contribution is -2.26. The molecule has 9 nitrogen and oxygen atoms in total. The number of hydrogen-bond donors (Lipinski definition) is 2. The number of benzene rings is 1. The number of carbonyl (C=O) groups is 2. The maximum absolute atomic E-state index is 12.8. The Morgan fingerprint density at radius 1 is 1.21 bits per heavy atom. The zero-order valence-corrected chi connectivity index (χ0v) is 17.3. The van der Waals surface area contributed by atoms with Crippen molar-refractivity contribution in [3.8, 4) is 5.69 Å². The molecule has 0 saturated heterocycles. The van der Waals surface area contributed by atoms with Crippen LogP contribution in [0.5, 0.6) is 0 Å². The van der Waals surface area contributed by atoms with Gasteiger partial charge in [-0.3, -0.25) is 14.3 Å². The fraction of sp³-hybridized carbons (Fsp3) is 0.263. The third kappa shape index (κ3) is 3.92. The molecule has 2 N–H and O–H groups in total. The number of nitrogens with one attached hydrogen (secondary N) is 2. The Balaban J connectivity index is 1.74. The SMILES string of the molecule is CNc1snc(C)c1C(=O)OCC(=O)Nc1c(C)n(C)n(-c2ccccc2)c1=O. The van der Waals surface area contributed by atoms with Gasteiger partial charge in [-0.15, -0.1) is 0 Å². The van der Waals surface area contributed by atoms with Crippen LogP contribution >= 0.6 is 11.5 Å². The number of amides is 1. The van der Waals surface area contributed by atoms with Crippen molar-refractivity contribution in [3.63, 3.8) is 0 Å². The van der Waals surface area contributed by atoms with Gasteiger partial charge in [0, 0.05) is 14.1 Å². The first-order valence-corrected chi connectivity index (χ1v) is 9.57. The molecule has 0 saturated carbocycles. The minimum absolute atomic E-state index is 0.140. The van der Waals surface area contributed by atoms with Crippen LogP contribution in [0.25, 0.3) is 5.69 Å². The van der Waals surface area contributed by atoms with E-state index in [1.54, 1.807) is 44.8 Å². The third-order valence-corrected chi connectivity index (χ3v) is 5.40. The summed E-state index contributed by atoms with van der Waals surface area (Å²) in [5.74, 6) is -1.25. The molecule has 3 aromatic rings. The Morgan fingerprint density at radius 3 is 2.55 bits per heavy atom. The summed E-state index contributed by atoms with van der Waals surface area (Å²) >= 11 is 1.14. The molecule has 1 amide bonds. The number of aromatic nitrogens is 3. The minimum Gasteiger partial charge on any atom is -0.452 e. The van der Waals surface area contributed by atoms with E-state index in [2.05, 4.69) is 15.0 Å². The molecule has 152 valence electrons. The normalized spacial score (nSPS) is 10.6. The van der Waals surface area contributed by atoms with Gasteiger partial charge in [-0.2, -0.15) is 4.37 Å². The average Bonchev–Trinajstić information content (AvgIpc) is 3.19. The molecule has 29 heavy (non-hydrogen) atoms. The van der Waals surface area contributed by atoms with Gasteiger partial charge in [0.05, 0.1) is 17.1 Å². The summed E-state index contributed by atoms with van der Waals surface area (Å²) in [6, 6.07) is 9.09. The first-order valence-electron chi connectivity index (χ1n) is 8.80. The van der Waals surface area contributed by atoms with Crippen molar-refractivity contribution in [3.05, 3.63) is 57.6 Å². The van der Waals surface area contributed by atoms with Crippen molar-refractivity contribution in [2.75, 3.05) is 24.3 Å². The molecule has 0 aliphatic heterocycles. The maximum Gasteiger partial charge on any atom is 0.343 e. The summed E-state index contributed by atoms with van der Waals surface area (Å²) in [5, 5.41) is 5.99. The minimum atomic E-state index is -0.651. The monoisotopic (exact) mass is 415 g/mol. The van der Waals surface area contributed by atoms with Crippen LogP contribution in [0.3, 0.4) is 0 Å². The summed E-state index contributed by atoms with van der Waals surface area (Å²) in [7, 11) is 3.40. The summed E-state index contributed by atoms with van der Waals surface area (Å²) in [4.78, 5) is 37.4. The predicted octanol–water partition coefficient (Wildman–Crippen LogP) is 2.09. The van der Waals surface area contributed by atoms with Crippen molar-refractivity contribution in [2.24, 2.45) is 7.05 Å². The summed E-state index contributed by atoms with van der Waals surface area (Å²) in [6.45, 7) is 2.89. The largest absolute Gasteiger partial charge is 0.452 e. The van der Waals surface area contributed by atoms with Gasteiger partial charge in [0.25, 0.3) is 11.5 Å². The highest BCUT2D eigenvalue weighted by atomic mass is 32.1. The molecule has 2 heterocycles. The van der Waals surface area contributed by atoms with Gasteiger partial charge in [-0.05, 0) is 37.5 Å². The molecule has 0 aliphatic rings. The van der Waals surface area contributed by atoms with Crippen LogP contribution in [0.15, 0.2) is 35.1 Å². The predicted molar refractivity (Wildman–Crippen MR) is 111 cm³/mol. The standard InChI is InChI=1S/C19H21N5O4S/c1-11-15(17(20-3)29-22-11)19(27)28-10-14(25)21-16-12(2)23(4)24(18(16)26)13-8-6-5-7-9-13/h5-9,20H,10H2,1-4H3,(H,21,25). The number of anilines is 2. The van der Waals surface area contributed by atoms with Crippen LogP contribution in [0.1, 0.15) is 21.7 Å². The first-order chi connectivity index (χ1) is 13.8. The molecule has 0 aliphatic carbocycles. The number of esters is 1. The number of rotatable bonds is 6. The molecule has 2 aromatic heterocycles. The third-order valence-electron chi connectivity index (χ3n) is 4.45. The fourth-order valence-corrected chi connectivity index (χ4v) is 3.60. The lowest BCUT2D eigenvalue weighted by Gasteiger charge is -2.07. The Hall–Kier alpha value is -3.40. The highest BCUT2D eigenvalue weighted by molar-refractivity contribution is 7.10. The second-order valence-corrected chi connectivity index (χ2v) is 7.06. The lowest BCUT2D eigenvalue weighted by molar-refractivity contribution is -0.119. The Labute approximate surface area is 171 Å². The molecular weight excluding hydrogens is 394 g/mol. The molecule has 0 atom stereocenters. The van der Waals surface area contributed by atoms with Crippen LogP contribution in [0.2, 0.25) is 0 Å². The van der Waals surface area contributed by atoms with Crippen LogP contribution in [-0.4, -0.2) is 39.3 Å². The number of carbonyl (C=O) groups excluding carboxylic acids is 2. The van der Waals surface area contributed by atoms with Gasteiger partial charge in [-0.25, -0.2) is 9.48 Å². The second kappa shape index (κ2) is 8.31. The van der Waals surface area contributed by atoms with Crippen LogP contribution < -0.4 is 16.2 Å².